The predicted octanol–water partition coefficient (Wildman–Crippen LogP) is 5.79. The van der Waals surface area contributed by atoms with Gasteiger partial charge in [-0.2, -0.15) is 0 Å². The van der Waals surface area contributed by atoms with Crippen LogP contribution in [0.3, 0.4) is 0 Å². The molecule has 134 valence electrons. The summed E-state index contributed by atoms with van der Waals surface area (Å²) in [6, 6.07) is 0. The van der Waals surface area contributed by atoms with Crippen LogP contribution in [0, 0.1) is 5.41 Å². The molecule has 2 heterocycles. The van der Waals surface area contributed by atoms with Crippen molar-refractivity contribution in [3.8, 4) is 0 Å². The van der Waals surface area contributed by atoms with E-state index in [4.69, 9.17) is 0 Å². The van der Waals surface area contributed by atoms with Crippen LogP contribution in [0.15, 0.2) is 53.2 Å². The Bertz CT molecular complexity index is 774. The SMILES string of the molecule is C=C/C=C(\C=C/C)C1(CC)C(C(C)=O)=C(C(C)(C)C)Nc2ncsc21. The minimum Gasteiger partial charge on any atom is -0.342 e. The number of allylic oxidation sites excluding steroid dienone is 7. The number of carbonyl (C=O) groups excluding carboxylic acids is 1. The van der Waals surface area contributed by atoms with E-state index in [2.05, 4.69) is 50.7 Å². The molecule has 1 aromatic heterocycles. The molecule has 2 rings (SSSR count). The van der Waals surface area contributed by atoms with Crippen molar-refractivity contribution in [3.05, 3.63) is 58.1 Å². The van der Waals surface area contributed by atoms with Gasteiger partial charge in [-0.1, -0.05) is 58.6 Å². The van der Waals surface area contributed by atoms with E-state index in [1.54, 1.807) is 24.3 Å². The summed E-state index contributed by atoms with van der Waals surface area (Å²) in [5.74, 6) is 0.957. The van der Waals surface area contributed by atoms with Crippen LogP contribution < -0.4 is 5.32 Å². The maximum atomic E-state index is 12.9. The number of ketones is 1. The molecule has 1 unspecified atom stereocenters. The van der Waals surface area contributed by atoms with Gasteiger partial charge in [-0.15, -0.1) is 11.3 Å². The van der Waals surface area contributed by atoms with E-state index >= 15 is 0 Å². The second-order valence-electron chi connectivity index (χ2n) is 7.33. The summed E-state index contributed by atoms with van der Waals surface area (Å²) in [6.45, 7) is 16.1. The number of nitrogens with zero attached hydrogens (tertiary/aromatic N) is 1. The zero-order chi connectivity index (χ0) is 18.8. The number of Topliss-reactive ketones (excluding diaryl/α,β-unsaturated/α-hetero) is 1. The molecule has 1 atom stereocenters. The molecule has 0 saturated heterocycles. The molecule has 0 aromatic carbocycles. The number of anilines is 1. The van der Waals surface area contributed by atoms with Crippen molar-refractivity contribution < 1.29 is 4.79 Å². The van der Waals surface area contributed by atoms with Gasteiger partial charge in [-0.25, -0.2) is 4.98 Å². The molecular weight excluding hydrogens is 328 g/mol. The molecule has 1 N–H and O–H groups in total. The summed E-state index contributed by atoms with van der Waals surface area (Å²) >= 11 is 1.60. The largest absolute Gasteiger partial charge is 0.342 e. The third-order valence-electron chi connectivity index (χ3n) is 4.64. The fourth-order valence-corrected chi connectivity index (χ4v) is 4.69. The highest BCUT2D eigenvalue weighted by molar-refractivity contribution is 7.10. The Morgan fingerprint density at radius 3 is 2.60 bits per heavy atom. The summed E-state index contributed by atoms with van der Waals surface area (Å²) in [5, 5.41) is 3.46. The van der Waals surface area contributed by atoms with Crippen LogP contribution in [0.1, 0.15) is 52.8 Å². The second kappa shape index (κ2) is 7.12. The van der Waals surface area contributed by atoms with Gasteiger partial charge >= 0.3 is 0 Å². The Kier molecular flexibility index (Phi) is 5.52. The van der Waals surface area contributed by atoms with Gasteiger partial charge in [0.25, 0.3) is 0 Å². The van der Waals surface area contributed by atoms with Crippen molar-refractivity contribution in [2.24, 2.45) is 5.41 Å². The van der Waals surface area contributed by atoms with Crippen LogP contribution in [0.25, 0.3) is 0 Å². The Labute approximate surface area is 155 Å². The van der Waals surface area contributed by atoms with Gasteiger partial charge in [0.15, 0.2) is 5.78 Å². The molecule has 25 heavy (non-hydrogen) atoms. The molecule has 0 radical (unpaired) electrons. The van der Waals surface area contributed by atoms with E-state index in [0.29, 0.717) is 0 Å². The number of hydrogen-bond acceptors (Lipinski definition) is 4. The highest BCUT2D eigenvalue weighted by Gasteiger charge is 2.48. The van der Waals surface area contributed by atoms with Crippen molar-refractivity contribution in [1.29, 1.82) is 0 Å². The molecule has 0 aliphatic carbocycles. The molecular formula is C21H28N2OS. The molecule has 1 aliphatic heterocycles. The fraction of sp³-hybridized carbons (Fsp3) is 0.429. The third kappa shape index (κ3) is 3.15. The zero-order valence-corrected chi connectivity index (χ0v) is 16.9. The van der Waals surface area contributed by atoms with E-state index in [0.717, 1.165) is 34.0 Å². The van der Waals surface area contributed by atoms with Gasteiger partial charge in [0.2, 0.25) is 0 Å². The first-order chi connectivity index (χ1) is 11.7. The van der Waals surface area contributed by atoms with Gasteiger partial charge in [0.1, 0.15) is 5.82 Å². The van der Waals surface area contributed by atoms with Gasteiger partial charge in [-0.3, -0.25) is 4.79 Å². The van der Waals surface area contributed by atoms with Crippen LogP contribution in [0.4, 0.5) is 5.82 Å². The number of fused-ring (bicyclic) bond motifs is 1. The molecule has 0 saturated carbocycles. The molecule has 0 bridgehead atoms. The monoisotopic (exact) mass is 356 g/mol. The van der Waals surface area contributed by atoms with Crippen LogP contribution in [-0.2, 0) is 10.2 Å². The van der Waals surface area contributed by atoms with Gasteiger partial charge < -0.3 is 5.32 Å². The van der Waals surface area contributed by atoms with Crippen LogP contribution in [-0.4, -0.2) is 10.8 Å². The van der Waals surface area contributed by atoms with Gasteiger partial charge in [0.05, 0.1) is 15.8 Å². The summed E-state index contributed by atoms with van der Waals surface area (Å²) in [4.78, 5) is 18.5. The summed E-state index contributed by atoms with van der Waals surface area (Å²) in [6.07, 6.45) is 8.70. The Morgan fingerprint density at radius 1 is 1.44 bits per heavy atom. The van der Waals surface area contributed by atoms with E-state index in [1.165, 1.54) is 0 Å². The van der Waals surface area contributed by atoms with Crippen LogP contribution >= 0.6 is 11.3 Å². The maximum absolute atomic E-state index is 12.9. The first-order valence-corrected chi connectivity index (χ1v) is 9.55. The van der Waals surface area contributed by atoms with E-state index in [1.807, 2.05) is 24.6 Å². The van der Waals surface area contributed by atoms with Crippen molar-refractivity contribution in [2.75, 3.05) is 5.32 Å². The minimum absolute atomic E-state index is 0.0952. The zero-order valence-electron chi connectivity index (χ0n) is 16.1. The Hall–Kier alpha value is -1.94. The van der Waals surface area contributed by atoms with Crippen LogP contribution in [0.5, 0.6) is 0 Å². The molecule has 1 aliphatic rings. The molecule has 4 heteroatoms. The lowest BCUT2D eigenvalue weighted by Gasteiger charge is -2.43. The molecule has 3 nitrogen and oxygen atoms in total. The van der Waals surface area contributed by atoms with E-state index < -0.39 is 5.41 Å². The lowest BCUT2D eigenvalue weighted by Crippen LogP contribution is -2.40. The summed E-state index contributed by atoms with van der Waals surface area (Å²) < 4.78 is 0. The van der Waals surface area contributed by atoms with Crippen molar-refractivity contribution in [1.82, 2.24) is 4.98 Å². The first-order valence-electron chi connectivity index (χ1n) is 8.67. The van der Waals surface area contributed by atoms with E-state index in [-0.39, 0.29) is 11.2 Å². The number of hydrogen-bond donors (Lipinski definition) is 1. The van der Waals surface area contributed by atoms with Gasteiger partial charge in [0, 0.05) is 16.7 Å². The predicted molar refractivity (Wildman–Crippen MR) is 108 cm³/mol. The number of aromatic nitrogens is 1. The van der Waals surface area contributed by atoms with Crippen molar-refractivity contribution >= 4 is 22.9 Å². The number of nitrogens with one attached hydrogen (secondary N) is 1. The summed E-state index contributed by atoms with van der Waals surface area (Å²) in [5.41, 5.74) is 4.03. The van der Waals surface area contributed by atoms with Gasteiger partial charge in [-0.05, 0) is 25.8 Å². The number of rotatable bonds is 5. The average molecular weight is 357 g/mol. The number of thiazole rings is 1. The Balaban J connectivity index is 2.99. The average Bonchev–Trinajstić information content (AvgIpc) is 3.00. The fourth-order valence-electron chi connectivity index (χ4n) is 3.65. The quantitative estimate of drug-likeness (QED) is 0.679. The smallest absolute Gasteiger partial charge is 0.158 e. The van der Waals surface area contributed by atoms with Crippen molar-refractivity contribution in [2.45, 2.75) is 53.4 Å². The third-order valence-corrected chi connectivity index (χ3v) is 5.63. The molecule has 0 spiro atoms. The lowest BCUT2D eigenvalue weighted by atomic mass is 9.64. The second-order valence-corrected chi connectivity index (χ2v) is 8.18. The lowest BCUT2D eigenvalue weighted by molar-refractivity contribution is -0.114. The molecule has 0 fully saturated rings. The number of carbonyl (C=O) groups is 1. The Morgan fingerprint density at radius 2 is 2.12 bits per heavy atom. The van der Waals surface area contributed by atoms with Crippen molar-refractivity contribution in [3.63, 3.8) is 0 Å². The normalized spacial score (nSPS) is 21.3. The first kappa shape index (κ1) is 19.4. The van der Waals surface area contributed by atoms with E-state index in [9.17, 15) is 4.79 Å². The highest BCUT2D eigenvalue weighted by atomic mass is 32.1. The minimum atomic E-state index is -0.503. The van der Waals surface area contributed by atoms with Crippen LogP contribution in [0.2, 0.25) is 0 Å². The summed E-state index contributed by atoms with van der Waals surface area (Å²) in [7, 11) is 0. The standard InChI is InChI=1S/C21H28N2OS/c1-8-11-15(12-9-2)21(10-3)16(14(4)24)17(20(5,6)7)23-19-18(21)25-13-22-19/h8-9,11-13,23H,1,10H2,2-7H3/b12-9-,15-11+. The maximum Gasteiger partial charge on any atom is 0.158 e. The topological polar surface area (TPSA) is 42.0 Å². The highest BCUT2D eigenvalue weighted by Crippen LogP contribution is 2.54. The molecule has 0 amide bonds. The molecule has 1 aromatic rings.